The summed E-state index contributed by atoms with van der Waals surface area (Å²) in [6.07, 6.45) is 0. The van der Waals surface area contributed by atoms with Crippen molar-refractivity contribution < 1.29 is 0 Å². The van der Waals surface area contributed by atoms with Crippen molar-refractivity contribution in [2.45, 2.75) is 9.79 Å². The molecule has 214 valence electrons. The molecule has 0 atom stereocenters. The first-order chi connectivity index (χ1) is 22.8. The zero-order valence-corrected chi connectivity index (χ0v) is 25.8. The average molecular weight is 602 g/mol. The summed E-state index contributed by atoms with van der Waals surface area (Å²) in [5, 5.41) is 7.72. The van der Waals surface area contributed by atoms with Gasteiger partial charge in [0.25, 0.3) is 0 Å². The van der Waals surface area contributed by atoms with Crippen molar-refractivity contribution in [1.82, 2.24) is 4.57 Å². The lowest BCUT2D eigenvalue weighted by Crippen LogP contribution is -1.95. The molecule has 10 rings (SSSR count). The highest BCUT2D eigenvalue weighted by Crippen LogP contribution is 2.49. The lowest BCUT2D eigenvalue weighted by atomic mass is 9.91. The molecular formula is C44H27NS. The Bertz CT molecular complexity index is 2660. The largest absolute Gasteiger partial charge is 0.309 e. The molecule has 2 heteroatoms. The van der Waals surface area contributed by atoms with Gasteiger partial charge in [-0.2, -0.15) is 0 Å². The van der Waals surface area contributed by atoms with E-state index >= 15 is 0 Å². The monoisotopic (exact) mass is 601 g/mol. The fourth-order valence-corrected chi connectivity index (χ4v) is 8.57. The van der Waals surface area contributed by atoms with Gasteiger partial charge in [0.1, 0.15) is 0 Å². The number of hydrogen-bond donors (Lipinski definition) is 0. The number of benzene rings is 8. The van der Waals surface area contributed by atoms with Crippen molar-refractivity contribution in [2.75, 3.05) is 0 Å². The van der Waals surface area contributed by atoms with Gasteiger partial charge in [-0.25, -0.2) is 0 Å². The highest BCUT2D eigenvalue weighted by molar-refractivity contribution is 7.99. The molecule has 0 saturated carbocycles. The first-order valence-corrected chi connectivity index (χ1v) is 16.6. The molecule has 1 aliphatic rings. The van der Waals surface area contributed by atoms with Gasteiger partial charge in [0.2, 0.25) is 0 Å². The van der Waals surface area contributed by atoms with Gasteiger partial charge < -0.3 is 4.57 Å². The van der Waals surface area contributed by atoms with Crippen LogP contribution in [0.3, 0.4) is 0 Å². The molecule has 0 N–H and O–H groups in total. The molecule has 1 nitrogen and oxygen atoms in total. The minimum absolute atomic E-state index is 1.17. The van der Waals surface area contributed by atoms with Crippen LogP contribution < -0.4 is 0 Å². The van der Waals surface area contributed by atoms with Crippen LogP contribution in [0.2, 0.25) is 0 Å². The van der Waals surface area contributed by atoms with E-state index in [9.17, 15) is 0 Å². The van der Waals surface area contributed by atoms with E-state index in [-0.39, 0.29) is 0 Å². The molecule has 0 fully saturated rings. The molecule has 8 aromatic carbocycles. The number of nitrogens with zero attached hydrogens (tertiary/aromatic N) is 1. The quantitative estimate of drug-likeness (QED) is 0.195. The van der Waals surface area contributed by atoms with E-state index in [1.807, 2.05) is 11.8 Å². The van der Waals surface area contributed by atoms with Crippen molar-refractivity contribution in [1.29, 1.82) is 0 Å². The zero-order valence-electron chi connectivity index (χ0n) is 24.9. The van der Waals surface area contributed by atoms with Crippen LogP contribution in [-0.2, 0) is 0 Å². The third kappa shape index (κ3) is 3.84. The summed E-state index contributed by atoms with van der Waals surface area (Å²) in [5.41, 5.74) is 11.2. The van der Waals surface area contributed by atoms with E-state index in [4.69, 9.17) is 0 Å². The summed E-state index contributed by atoms with van der Waals surface area (Å²) < 4.78 is 2.43. The second-order valence-corrected chi connectivity index (χ2v) is 13.2. The molecule has 0 amide bonds. The van der Waals surface area contributed by atoms with Crippen molar-refractivity contribution in [3.8, 4) is 39.1 Å². The van der Waals surface area contributed by atoms with E-state index in [1.54, 1.807) is 0 Å². The van der Waals surface area contributed by atoms with E-state index in [0.717, 1.165) is 0 Å². The Labute approximate surface area is 271 Å². The van der Waals surface area contributed by atoms with Gasteiger partial charge >= 0.3 is 0 Å². The van der Waals surface area contributed by atoms with Crippen molar-refractivity contribution in [3.63, 3.8) is 0 Å². The molecule has 0 bridgehead atoms. The van der Waals surface area contributed by atoms with Crippen LogP contribution in [0.4, 0.5) is 0 Å². The van der Waals surface area contributed by atoms with Crippen LogP contribution in [0.1, 0.15) is 0 Å². The van der Waals surface area contributed by atoms with Gasteiger partial charge in [-0.05, 0) is 98.1 Å². The minimum Gasteiger partial charge on any atom is -0.309 e. The Kier molecular flexibility index (Phi) is 5.58. The topological polar surface area (TPSA) is 4.93 Å². The fourth-order valence-electron chi connectivity index (χ4n) is 7.44. The highest BCUT2D eigenvalue weighted by atomic mass is 32.2. The van der Waals surface area contributed by atoms with Gasteiger partial charge in [0, 0.05) is 31.6 Å². The molecule has 0 saturated heterocycles. The Morgan fingerprint density at radius 2 is 1.00 bits per heavy atom. The van der Waals surface area contributed by atoms with Crippen molar-refractivity contribution >= 4 is 55.1 Å². The second kappa shape index (κ2) is 9.97. The van der Waals surface area contributed by atoms with E-state index < -0.39 is 0 Å². The summed E-state index contributed by atoms with van der Waals surface area (Å²) >= 11 is 1.88. The van der Waals surface area contributed by atoms with Crippen LogP contribution in [0, 0.1) is 0 Å². The SMILES string of the molecule is c1ccc(-n2c3cc(-c4ccccc4-c4ccc5c(c4)-c4cccc6cccc(c46)S5)ccc3c3cc4ccccc4cc32)cc1. The number of para-hydroxylation sites is 1. The normalized spacial score (nSPS) is 12.3. The third-order valence-electron chi connectivity index (χ3n) is 9.55. The zero-order chi connectivity index (χ0) is 30.2. The first-order valence-electron chi connectivity index (χ1n) is 15.8. The molecule has 0 spiro atoms. The number of aromatic nitrogens is 1. The standard InChI is InChI=1S/C44H27NS/c1-2-14-33(15-3-1)45-40-27-32(20-22-36(40)38-24-29-10-4-5-11-30(29)26-41(38)45)35-17-7-6-16-34(35)31-21-23-42-39(25-31)37-18-8-12-28-13-9-19-43(46-42)44(28)37/h1-27H. The van der Waals surface area contributed by atoms with Gasteiger partial charge in [-0.15, -0.1) is 0 Å². The highest BCUT2D eigenvalue weighted by Gasteiger charge is 2.21. The van der Waals surface area contributed by atoms with Gasteiger partial charge in [-0.3, -0.25) is 0 Å². The van der Waals surface area contributed by atoms with Crippen LogP contribution >= 0.6 is 11.8 Å². The molecule has 0 radical (unpaired) electrons. The lowest BCUT2D eigenvalue weighted by Gasteiger charge is -2.21. The number of rotatable bonds is 3. The third-order valence-corrected chi connectivity index (χ3v) is 10.7. The molecule has 46 heavy (non-hydrogen) atoms. The minimum atomic E-state index is 1.17. The van der Waals surface area contributed by atoms with E-state index in [2.05, 4.69) is 168 Å². The molecule has 0 aliphatic carbocycles. The molecule has 9 aromatic rings. The number of hydrogen-bond acceptors (Lipinski definition) is 1. The Morgan fingerprint density at radius 3 is 1.83 bits per heavy atom. The van der Waals surface area contributed by atoms with Crippen molar-refractivity contribution in [2.24, 2.45) is 0 Å². The smallest absolute Gasteiger partial charge is 0.0547 e. The molecule has 1 aliphatic heterocycles. The summed E-state index contributed by atoms with van der Waals surface area (Å²) in [7, 11) is 0. The molecule has 0 unspecified atom stereocenters. The van der Waals surface area contributed by atoms with Crippen LogP contribution in [-0.4, -0.2) is 4.57 Å². The average Bonchev–Trinajstić information content (AvgIpc) is 3.43. The number of fused-ring (bicyclic) bond motifs is 6. The predicted molar refractivity (Wildman–Crippen MR) is 196 cm³/mol. The van der Waals surface area contributed by atoms with E-state index in [0.29, 0.717) is 0 Å². The van der Waals surface area contributed by atoms with Crippen LogP contribution in [0.25, 0.3) is 82.4 Å². The fraction of sp³-hybridized carbons (Fsp3) is 0. The first kappa shape index (κ1) is 25.7. The van der Waals surface area contributed by atoms with Crippen molar-refractivity contribution in [3.05, 3.63) is 164 Å². The van der Waals surface area contributed by atoms with E-state index in [1.165, 1.54) is 92.2 Å². The Balaban J connectivity index is 1.18. The lowest BCUT2D eigenvalue weighted by molar-refractivity contribution is 1.18. The second-order valence-electron chi connectivity index (χ2n) is 12.1. The van der Waals surface area contributed by atoms with Gasteiger partial charge in [-0.1, -0.05) is 127 Å². The molecule has 1 aromatic heterocycles. The van der Waals surface area contributed by atoms with Crippen LogP contribution in [0.15, 0.2) is 174 Å². The van der Waals surface area contributed by atoms with Gasteiger partial charge in [0.05, 0.1) is 11.0 Å². The molecule has 2 heterocycles. The summed E-state index contributed by atoms with van der Waals surface area (Å²) in [6, 6.07) is 60.3. The summed E-state index contributed by atoms with van der Waals surface area (Å²) in [5.74, 6) is 0. The summed E-state index contributed by atoms with van der Waals surface area (Å²) in [4.78, 5) is 2.65. The maximum Gasteiger partial charge on any atom is 0.0547 e. The van der Waals surface area contributed by atoms with Gasteiger partial charge in [0.15, 0.2) is 0 Å². The maximum atomic E-state index is 2.43. The Hall–Kier alpha value is -5.57. The predicted octanol–water partition coefficient (Wildman–Crippen LogP) is 12.6. The summed E-state index contributed by atoms with van der Waals surface area (Å²) in [6.45, 7) is 0. The molecular weight excluding hydrogens is 575 g/mol. The maximum absolute atomic E-state index is 2.43. The Morgan fingerprint density at radius 1 is 0.370 bits per heavy atom. The van der Waals surface area contributed by atoms with Crippen LogP contribution in [0.5, 0.6) is 0 Å².